The van der Waals surface area contributed by atoms with E-state index in [2.05, 4.69) is 0 Å². The molecule has 0 heterocycles. The van der Waals surface area contributed by atoms with Crippen molar-refractivity contribution in [3.8, 4) is 0 Å². The van der Waals surface area contributed by atoms with Crippen LogP contribution in [-0.4, -0.2) is 53.0 Å². The van der Waals surface area contributed by atoms with Crippen molar-refractivity contribution in [2.45, 2.75) is 47.6 Å². The predicted octanol–water partition coefficient (Wildman–Crippen LogP) is 2.02. The molecule has 1 aliphatic carbocycles. The highest BCUT2D eigenvalue weighted by Crippen LogP contribution is 2.34. The highest BCUT2D eigenvalue weighted by molar-refractivity contribution is 7.89. The number of nitro groups is 2. The second-order valence-corrected chi connectivity index (χ2v) is 11.3. The first kappa shape index (κ1) is 30.0. The Kier molecular flexibility index (Phi) is 9.61. The van der Waals surface area contributed by atoms with E-state index in [-0.39, 0.29) is 22.7 Å². The molecule has 0 radical (unpaired) electrons. The number of benzene rings is 2. The quantitative estimate of drug-likeness (QED) is 0.368. The third kappa shape index (κ3) is 7.86. The molecule has 204 valence electrons. The normalized spacial score (nSPS) is 17.9. The Labute approximate surface area is 212 Å². The van der Waals surface area contributed by atoms with Crippen LogP contribution in [-0.2, 0) is 24.8 Å². The van der Waals surface area contributed by atoms with Crippen LogP contribution in [0.25, 0.3) is 0 Å². The van der Waals surface area contributed by atoms with Crippen LogP contribution >= 0.6 is 0 Å². The maximum absolute atomic E-state index is 12.7. The molecule has 2 aromatic rings. The minimum absolute atomic E-state index is 0.153. The zero-order valence-corrected chi connectivity index (χ0v) is 21.4. The summed E-state index contributed by atoms with van der Waals surface area (Å²) in [6, 6.07) is 6.03. The number of hydrogen-bond acceptors (Lipinski definition) is 10. The molecule has 0 aromatic heterocycles. The molecule has 0 spiro atoms. The summed E-state index contributed by atoms with van der Waals surface area (Å²) < 4.78 is 62.3. The minimum Gasteiger partial charge on any atom is -0.381 e. The van der Waals surface area contributed by atoms with Crippen molar-refractivity contribution >= 4 is 37.1 Å². The van der Waals surface area contributed by atoms with Crippen molar-refractivity contribution in [1.82, 2.24) is 0 Å². The lowest BCUT2D eigenvalue weighted by Crippen LogP contribution is -2.37. The van der Waals surface area contributed by atoms with E-state index in [0.29, 0.717) is 17.8 Å². The lowest BCUT2D eigenvalue weighted by Gasteiger charge is -2.35. The van der Waals surface area contributed by atoms with Crippen molar-refractivity contribution < 1.29 is 35.8 Å². The van der Waals surface area contributed by atoms with Gasteiger partial charge in [0.05, 0.1) is 25.7 Å². The van der Waals surface area contributed by atoms with Crippen LogP contribution in [0.3, 0.4) is 0 Å². The van der Waals surface area contributed by atoms with E-state index in [1.165, 1.54) is 12.1 Å². The van der Waals surface area contributed by atoms with Crippen molar-refractivity contribution in [3.05, 3.63) is 62.4 Å². The molecule has 4 N–H and O–H groups in total. The van der Waals surface area contributed by atoms with Crippen LogP contribution in [0.2, 0.25) is 0 Å². The standard InChI is InChI=1S/C14H21N3O5S.C6H5FN2O4S/c1-16(10-3-5-11(22-2)6-4-10)13-8-7-12(23(15,20)21)9-14(13)17(18)19;7-5-2-1-4(14(8,12)13)3-6(5)9(10)11/h7-11H,3-6H2,1-2H3,(H2,15,20,21);1-3H,(H2,8,12,13). The van der Waals surface area contributed by atoms with Crippen molar-refractivity contribution in [3.63, 3.8) is 0 Å². The predicted molar refractivity (Wildman–Crippen MR) is 130 cm³/mol. The largest absolute Gasteiger partial charge is 0.381 e. The summed E-state index contributed by atoms with van der Waals surface area (Å²) in [4.78, 5) is 21.0. The number of sulfonamides is 2. The van der Waals surface area contributed by atoms with Gasteiger partial charge in [0.2, 0.25) is 25.9 Å². The van der Waals surface area contributed by atoms with Crippen LogP contribution in [0.1, 0.15) is 25.7 Å². The Hall–Kier alpha value is -3.25. The monoisotopic (exact) mass is 563 g/mol. The maximum Gasteiger partial charge on any atom is 0.306 e. The zero-order valence-electron chi connectivity index (χ0n) is 19.8. The Bertz CT molecular complexity index is 1380. The van der Waals surface area contributed by atoms with Gasteiger partial charge in [0.15, 0.2) is 0 Å². The van der Waals surface area contributed by atoms with Gasteiger partial charge in [-0.1, -0.05) is 0 Å². The first-order chi connectivity index (χ1) is 17.1. The van der Waals surface area contributed by atoms with E-state index >= 15 is 0 Å². The molecule has 0 aliphatic heterocycles. The van der Waals surface area contributed by atoms with Gasteiger partial charge in [0, 0.05) is 32.3 Å². The number of primary sulfonamides is 2. The molecule has 14 nitrogen and oxygen atoms in total. The molecule has 1 aliphatic rings. The molecular formula is C20H26FN5O9S2. The fraction of sp³-hybridized carbons (Fsp3) is 0.400. The fourth-order valence-electron chi connectivity index (χ4n) is 3.80. The number of nitro benzene ring substituents is 2. The van der Waals surface area contributed by atoms with E-state index in [1.54, 1.807) is 14.2 Å². The molecule has 2 aromatic carbocycles. The van der Waals surface area contributed by atoms with Gasteiger partial charge < -0.3 is 9.64 Å². The van der Waals surface area contributed by atoms with E-state index in [9.17, 15) is 41.5 Å². The summed E-state index contributed by atoms with van der Waals surface area (Å²) >= 11 is 0. The second kappa shape index (κ2) is 11.9. The Morgan fingerprint density at radius 3 is 1.78 bits per heavy atom. The van der Waals surface area contributed by atoms with Crippen LogP contribution in [0, 0.1) is 26.0 Å². The third-order valence-electron chi connectivity index (χ3n) is 5.82. The highest BCUT2D eigenvalue weighted by atomic mass is 32.2. The molecule has 1 saturated carbocycles. The molecule has 0 atom stereocenters. The van der Waals surface area contributed by atoms with Gasteiger partial charge in [0.1, 0.15) is 5.69 Å². The number of rotatable bonds is 7. The van der Waals surface area contributed by atoms with Crippen molar-refractivity contribution in [2.75, 3.05) is 19.1 Å². The van der Waals surface area contributed by atoms with Gasteiger partial charge in [0.25, 0.3) is 5.69 Å². The number of halogens is 1. The molecule has 0 unspecified atom stereocenters. The van der Waals surface area contributed by atoms with Gasteiger partial charge in [-0.05, 0) is 49.9 Å². The molecule has 37 heavy (non-hydrogen) atoms. The highest BCUT2D eigenvalue weighted by Gasteiger charge is 2.28. The second-order valence-electron chi connectivity index (χ2n) is 8.15. The summed E-state index contributed by atoms with van der Waals surface area (Å²) in [5, 5.41) is 31.3. The van der Waals surface area contributed by atoms with Gasteiger partial charge in [-0.15, -0.1) is 0 Å². The molecule has 17 heteroatoms. The van der Waals surface area contributed by atoms with E-state index < -0.39 is 46.3 Å². The first-order valence-corrected chi connectivity index (χ1v) is 13.7. The van der Waals surface area contributed by atoms with Gasteiger partial charge in [-0.2, -0.15) is 4.39 Å². The summed E-state index contributed by atoms with van der Waals surface area (Å²) in [6.45, 7) is 0. The number of nitrogens with two attached hydrogens (primary N) is 2. The summed E-state index contributed by atoms with van der Waals surface area (Å²) in [5.41, 5.74) is -0.785. The van der Waals surface area contributed by atoms with Gasteiger partial charge in [-0.3, -0.25) is 20.2 Å². The SMILES string of the molecule is COC1CCC(N(C)c2ccc(S(N)(=O)=O)cc2[N+](=O)[O-])CC1.NS(=O)(=O)c1ccc(F)c([N+](=O)[O-])c1. The lowest BCUT2D eigenvalue weighted by molar-refractivity contribution is -0.387. The average Bonchev–Trinajstić information content (AvgIpc) is 2.82. The smallest absolute Gasteiger partial charge is 0.306 e. The van der Waals surface area contributed by atoms with Crippen LogP contribution in [0.4, 0.5) is 21.5 Å². The maximum atomic E-state index is 12.7. The average molecular weight is 564 g/mol. The topological polar surface area (TPSA) is 219 Å². The van der Waals surface area contributed by atoms with Crippen LogP contribution in [0.15, 0.2) is 46.2 Å². The summed E-state index contributed by atoms with van der Waals surface area (Å²) in [6.07, 6.45) is 3.76. The van der Waals surface area contributed by atoms with Crippen molar-refractivity contribution in [2.24, 2.45) is 10.3 Å². The summed E-state index contributed by atoms with van der Waals surface area (Å²) in [7, 11) is -4.55. The Morgan fingerprint density at radius 1 is 0.892 bits per heavy atom. The lowest BCUT2D eigenvalue weighted by atomic mass is 9.91. The zero-order chi connectivity index (χ0) is 28.1. The van der Waals surface area contributed by atoms with Crippen molar-refractivity contribution in [1.29, 1.82) is 0 Å². The number of ether oxygens (including phenoxy) is 1. The summed E-state index contributed by atoms with van der Waals surface area (Å²) in [5.74, 6) is -1.11. The Balaban J connectivity index is 0.000000294. The molecule has 3 rings (SSSR count). The minimum atomic E-state index is -4.05. The van der Waals surface area contributed by atoms with Crippen LogP contribution < -0.4 is 15.2 Å². The van der Waals surface area contributed by atoms with E-state index in [4.69, 9.17) is 15.0 Å². The van der Waals surface area contributed by atoms with Crippen LogP contribution in [0.5, 0.6) is 0 Å². The first-order valence-electron chi connectivity index (χ1n) is 10.6. The third-order valence-corrected chi connectivity index (χ3v) is 7.64. The number of anilines is 1. The molecule has 0 bridgehead atoms. The molecule has 0 amide bonds. The van der Waals surface area contributed by atoms with Gasteiger partial charge >= 0.3 is 5.69 Å². The molecule has 1 fully saturated rings. The van der Waals surface area contributed by atoms with E-state index in [0.717, 1.165) is 37.8 Å². The molecular weight excluding hydrogens is 537 g/mol. The van der Waals surface area contributed by atoms with E-state index in [1.807, 2.05) is 4.90 Å². The number of hydrogen-bond donors (Lipinski definition) is 2. The van der Waals surface area contributed by atoms with Gasteiger partial charge in [-0.25, -0.2) is 27.1 Å². The number of nitrogens with zero attached hydrogens (tertiary/aromatic N) is 3. The number of methoxy groups -OCH3 is 1. The molecule has 0 saturated heterocycles. The Morgan fingerprint density at radius 2 is 1.35 bits per heavy atom. The fourth-order valence-corrected chi connectivity index (χ4v) is 4.87.